The Morgan fingerprint density at radius 2 is 2.36 bits per heavy atom. The van der Waals surface area contributed by atoms with Crippen LogP contribution in [-0.2, 0) is 11.2 Å². The first-order chi connectivity index (χ1) is 6.66. The fourth-order valence-corrected chi connectivity index (χ4v) is 1.86. The Labute approximate surface area is 97.3 Å². The van der Waals surface area contributed by atoms with Crippen LogP contribution in [0.4, 0.5) is 0 Å². The van der Waals surface area contributed by atoms with E-state index < -0.39 is 0 Å². The zero-order valence-corrected chi connectivity index (χ0v) is 10.2. The van der Waals surface area contributed by atoms with Gasteiger partial charge in [0.15, 0.2) is 0 Å². The van der Waals surface area contributed by atoms with E-state index in [-0.39, 0.29) is 0 Å². The monoisotopic (exact) mass is 301 g/mol. The first-order valence-electron chi connectivity index (χ1n) is 4.80. The van der Waals surface area contributed by atoms with Gasteiger partial charge in [0.1, 0.15) is 5.78 Å². The zero-order valence-electron chi connectivity index (χ0n) is 8.09. The molecule has 0 bridgehead atoms. The van der Waals surface area contributed by atoms with Crippen LogP contribution in [0.1, 0.15) is 24.1 Å². The maximum atomic E-state index is 11.5. The van der Waals surface area contributed by atoms with Crippen LogP contribution < -0.4 is 0 Å². The van der Waals surface area contributed by atoms with Crippen molar-refractivity contribution in [2.24, 2.45) is 5.92 Å². The summed E-state index contributed by atoms with van der Waals surface area (Å²) in [5.41, 5.74) is 2.09. The largest absolute Gasteiger partial charge is 0.299 e. The van der Waals surface area contributed by atoms with Crippen molar-refractivity contribution in [1.82, 2.24) is 4.98 Å². The second-order valence-electron chi connectivity index (χ2n) is 3.84. The number of halogens is 1. The highest BCUT2D eigenvalue weighted by Crippen LogP contribution is 2.30. The SMILES string of the molecule is Cc1cnc(CC(=O)C2CC2)cc1I. The number of aromatic nitrogens is 1. The lowest BCUT2D eigenvalue weighted by molar-refractivity contribution is -0.119. The first kappa shape index (κ1) is 10.1. The summed E-state index contributed by atoms with van der Waals surface area (Å²) >= 11 is 2.28. The number of aryl methyl sites for hydroxylation is 1. The molecule has 1 saturated carbocycles. The lowest BCUT2D eigenvalue weighted by Crippen LogP contribution is -2.06. The van der Waals surface area contributed by atoms with Gasteiger partial charge in [-0.2, -0.15) is 0 Å². The number of hydrogen-bond donors (Lipinski definition) is 0. The van der Waals surface area contributed by atoms with Crippen LogP contribution in [0.3, 0.4) is 0 Å². The van der Waals surface area contributed by atoms with Crippen molar-refractivity contribution in [3.63, 3.8) is 0 Å². The maximum absolute atomic E-state index is 11.5. The molecule has 1 aliphatic rings. The first-order valence-corrected chi connectivity index (χ1v) is 5.88. The quantitative estimate of drug-likeness (QED) is 0.803. The molecule has 0 radical (unpaired) electrons. The van der Waals surface area contributed by atoms with Crippen molar-refractivity contribution in [1.29, 1.82) is 0 Å². The van der Waals surface area contributed by atoms with Crippen LogP contribution in [0, 0.1) is 16.4 Å². The average Bonchev–Trinajstić information content (AvgIpc) is 2.94. The molecule has 0 aromatic carbocycles. The Balaban J connectivity index is 2.08. The minimum absolute atomic E-state index is 0.343. The van der Waals surface area contributed by atoms with E-state index in [1.807, 2.05) is 19.2 Å². The van der Waals surface area contributed by atoms with Gasteiger partial charge < -0.3 is 0 Å². The summed E-state index contributed by atoms with van der Waals surface area (Å²) in [5.74, 6) is 0.702. The third-order valence-electron chi connectivity index (χ3n) is 2.48. The predicted molar refractivity (Wildman–Crippen MR) is 63.1 cm³/mol. The standard InChI is InChI=1S/C11H12INO/c1-7-6-13-9(4-10(7)12)5-11(14)8-2-3-8/h4,6,8H,2-3,5H2,1H3. The van der Waals surface area contributed by atoms with Gasteiger partial charge in [-0.05, 0) is 54.0 Å². The second kappa shape index (κ2) is 3.96. The van der Waals surface area contributed by atoms with Crippen molar-refractivity contribution in [2.45, 2.75) is 26.2 Å². The van der Waals surface area contributed by atoms with Crippen molar-refractivity contribution in [3.8, 4) is 0 Å². The molecule has 14 heavy (non-hydrogen) atoms. The molecule has 1 fully saturated rings. The summed E-state index contributed by atoms with van der Waals surface area (Å²) in [6.07, 6.45) is 4.53. The maximum Gasteiger partial charge on any atom is 0.141 e. The summed E-state index contributed by atoms with van der Waals surface area (Å²) in [7, 11) is 0. The van der Waals surface area contributed by atoms with Crippen molar-refractivity contribution in [2.75, 3.05) is 0 Å². The fourth-order valence-electron chi connectivity index (χ4n) is 1.36. The molecule has 1 aromatic heterocycles. The normalized spacial score (nSPS) is 15.6. The van der Waals surface area contributed by atoms with Gasteiger partial charge in [-0.15, -0.1) is 0 Å². The van der Waals surface area contributed by atoms with Gasteiger partial charge >= 0.3 is 0 Å². The smallest absolute Gasteiger partial charge is 0.141 e. The van der Waals surface area contributed by atoms with Crippen molar-refractivity contribution >= 4 is 28.4 Å². The topological polar surface area (TPSA) is 30.0 Å². The van der Waals surface area contributed by atoms with Gasteiger partial charge in [-0.3, -0.25) is 9.78 Å². The van der Waals surface area contributed by atoms with Crippen LogP contribution in [0.15, 0.2) is 12.3 Å². The Kier molecular flexibility index (Phi) is 2.85. The Morgan fingerprint density at radius 1 is 1.64 bits per heavy atom. The summed E-state index contributed by atoms with van der Waals surface area (Å²) in [5, 5.41) is 0. The minimum Gasteiger partial charge on any atom is -0.299 e. The van der Waals surface area contributed by atoms with Gasteiger partial charge in [0.05, 0.1) is 0 Å². The molecule has 74 valence electrons. The molecule has 0 atom stereocenters. The predicted octanol–water partition coefficient (Wildman–Crippen LogP) is 2.52. The van der Waals surface area contributed by atoms with Crippen LogP contribution in [0.25, 0.3) is 0 Å². The molecule has 3 heteroatoms. The number of ketones is 1. The van der Waals surface area contributed by atoms with Crippen LogP contribution in [0.5, 0.6) is 0 Å². The van der Waals surface area contributed by atoms with Crippen LogP contribution in [-0.4, -0.2) is 10.8 Å². The van der Waals surface area contributed by atoms with Crippen LogP contribution in [0.2, 0.25) is 0 Å². The Morgan fingerprint density at radius 3 is 2.93 bits per heavy atom. The van der Waals surface area contributed by atoms with E-state index in [0.29, 0.717) is 18.1 Å². The number of rotatable bonds is 3. The molecule has 0 spiro atoms. The molecular weight excluding hydrogens is 289 g/mol. The summed E-state index contributed by atoms with van der Waals surface area (Å²) in [4.78, 5) is 15.8. The second-order valence-corrected chi connectivity index (χ2v) is 5.00. The molecule has 1 heterocycles. The van der Waals surface area contributed by atoms with Gasteiger partial charge in [-0.1, -0.05) is 0 Å². The van der Waals surface area contributed by atoms with E-state index in [1.54, 1.807) is 0 Å². The number of carbonyl (C=O) groups is 1. The number of carbonyl (C=O) groups excluding carboxylic acids is 1. The number of nitrogens with zero attached hydrogens (tertiary/aromatic N) is 1. The van der Waals surface area contributed by atoms with Gasteiger partial charge in [0.25, 0.3) is 0 Å². The molecule has 0 amide bonds. The molecule has 0 N–H and O–H groups in total. The van der Waals surface area contributed by atoms with E-state index in [0.717, 1.165) is 18.5 Å². The Bertz CT molecular complexity index is 372. The molecule has 0 saturated heterocycles. The van der Waals surface area contributed by atoms with E-state index in [1.165, 1.54) is 9.13 Å². The zero-order chi connectivity index (χ0) is 10.1. The molecule has 2 nitrogen and oxygen atoms in total. The molecule has 1 aliphatic carbocycles. The Hall–Kier alpha value is -0.450. The lowest BCUT2D eigenvalue weighted by Gasteiger charge is -2.01. The number of hydrogen-bond acceptors (Lipinski definition) is 2. The third kappa shape index (κ3) is 2.32. The molecular formula is C11H12INO. The van der Waals surface area contributed by atoms with E-state index in [9.17, 15) is 4.79 Å². The highest BCUT2D eigenvalue weighted by Gasteiger charge is 2.29. The highest BCUT2D eigenvalue weighted by molar-refractivity contribution is 14.1. The molecule has 1 aromatic rings. The fraction of sp³-hybridized carbons (Fsp3) is 0.455. The number of Topliss-reactive ketones (excluding diaryl/α,β-unsaturated/α-hetero) is 1. The lowest BCUT2D eigenvalue weighted by atomic mass is 10.1. The number of pyridine rings is 1. The van der Waals surface area contributed by atoms with E-state index in [2.05, 4.69) is 27.6 Å². The van der Waals surface area contributed by atoms with Gasteiger partial charge in [0.2, 0.25) is 0 Å². The van der Waals surface area contributed by atoms with Crippen LogP contribution >= 0.6 is 22.6 Å². The summed E-state index contributed by atoms with van der Waals surface area (Å²) in [6.45, 7) is 2.03. The third-order valence-corrected chi connectivity index (χ3v) is 3.64. The molecule has 0 unspecified atom stereocenters. The van der Waals surface area contributed by atoms with Crippen molar-refractivity contribution in [3.05, 3.63) is 27.1 Å². The van der Waals surface area contributed by atoms with E-state index in [4.69, 9.17) is 0 Å². The average molecular weight is 301 g/mol. The van der Waals surface area contributed by atoms with Gasteiger partial charge in [-0.25, -0.2) is 0 Å². The van der Waals surface area contributed by atoms with Crippen molar-refractivity contribution < 1.29 is 4.79 Å². The summed E-state index contributed by atoms with van der Waals surface area (Å²) in [6, 6.07) is 2.01. The summed E-state index contributed by atoms with van der Waals surface area (Å²) < 4.78 is 1.19. The molecule has 0 aliphatic heterocycles. The molecule has 2 rings (SSSR count). The van der Waals surface area contributed by atoms with E-state index >= 15 is 0 Å². The minimum atomic E-state index is 0.343. The van der Waals surface area contributed by atoms with Gasteiger partial charge in [0, 0.05) is 27.8 Å². The highest BCUT2D eigenvalue weighted by atomic mass is 127.